The van der Waals surface area contributed by atoms with Crippen LogP contribution in [0.2, 0.25) is 0 Å². The highest BCUT2D eigenvalue weighted by atomic mass is 16.2. The van der Waals surface area contributed by atoms with Gasteiger partial charge in [-0.05, 0) is 31.4 Å². The van der Waals surface area contributed by atoms with Gasteiger partial charge in [0.05, 0.1) is 13.1 Å². The van der Waals surface area contributed by atoms with Gasteiger partial charge >= 0.3 is 0 Å². The first kappa shape index (κ1) is 21.7. The van der Waals surface area contributed by atoms with Crippen LogP contribution in [0.1, 0.15) is 45.6 Å². The molecule has 144 valence electrons. The number of benzene rings is 1. The molecule has 0 heterocycles. The van der Waals surface area contributed by atoms with Crippen molar-refractivity contribution in [3.8, 4) is 0 Å². The van der Waals surface area contributed by atoms with Crippen molar-refractivity contribution in [1.82, 2.24) is 10.2 Å². The number of aryl methyl sites for hydroxylation is 1. The van der Waals surface area contributed by atoms with Crippen molar-refractivity contribution in [2.24, 2.45) is 5.92 Å². The summed E-state index contributed by atoms with van der Waals surface area (Å²) in [6, 6.07) is 7.43. The van der Waals surface area contributed by atoms with Crippen molar-refractivity contribution in [2.75, 3.05) is 25.0 Å². The molecule has 0 aromatic heterocycles. The lowest BCUT2D eigenvalue weighted by Gasteiger charge is -2.23. The Kier molecular flexibility index (Phi) is 9.41. The summed E-state index contributed by atoms with van der Waals surface area (Å²) < 4.78 is 0. The molecule has 0 atom stereocenters. The molecule has 0 aliphatic rings. The fourth-order valence-electron chi connectivity index (χ4n) is 2.37. The highest BCUT2D eigenvalue weighted by molar-refractivity contribution is 5.95. The standard InChI is InChI=1S/C20H31N3O3/c1-5-6-11-23(20(26)12-15(2)3)14-19(25)21-13-18(24)22-17-9-7-16(4)8-10-17/h7-10,15H,5-6,11-14H2,1-4H3,(H,21,25)(H,22,24). The fourth-order valence-corrected chi connectivity index (χ4v) is 2.37. The molecule has 1 rings (SSSR count). The number of carbonyl (C=O) groups excluding carboxylic acids is 3. The van der Waals surface area contributed by atoms with Gasteiger partial charge in [-0.25, -0.2) is 0 Å². The average Bonchev–Trinajstić information content (AvgIpc) is 2.58. The van der Waals surface area contributed by atoms with E-state index in [0.717, 1.165) is 18.4 Å². The summed E-state index contributed by atoms with van der Waals surface area (Å²) in [5, 5.41) is 5.31. The van der Waals surface area contributed by atoms with Crippen LogP contribution in [0.4, 0.5) is 5.69 Å². The predicted molar refractivity (Wildman–Crippen MR) is 104 cm³/mol. The second-order valence-corrected chi connectivity index (χ2v) is 6.96. The number of hydrogen-bond donors (Lipinski definition) is 2. The maximum atomic E-state index is 12.3. The van der Waals surface area contributed by atoms with E-state index in [-0.39, 0.29) is 36.7 Å². The number of hydrogen-bond acceptors (Lipinski definition) is 3. The molecule has 6 heteroatoms. The maximum Gasteiger partial charge on any atom is 0.243 e. The lowest BCUT2D eigenvalue weighted by molar-refractivity contribution is -0.136. The van der Waals surface area contributed by atoms with E-state index in [1.165, 1.54) is 0 Å². The molecule has 0 saturated heterocycles. The quantitative estimate of drug-likeness (QED) is 0.672. The molecule has 6 nitrogen and oxygen atoms in total. The van der Waals surface area contributed by atoms with Crippen molar-refractivity contribution in [2.45, 2.75) is 47.0 Å². The van der Waals surface area contributed by atoms with E-state index in [1.54, 1.807) is 4.90 Å². The van der Waals surface area contributed by atoms with Gasteiger partial charge in [0.25, 0.3) is 0 Å². The molecule has 0 saturated carbocycles. The average molecular weight is 361 g/mol. The molecule has 3 amide bonds. The minimum atomic E-state index is -0.322. The Balaban J connectivity index is 2.46. The lowest BCUT2D eigenvalue weighted by atomic mass is 10.1. The normalized spacial score (nSPS) is 10.5. The van der Waals surface area contributed by atoms with E-state index < -0.39 is 0 Å². The number of amides is 3. The Labute approximate surface area is 156 Å². The Morgan fingerprint density at radius 1 is 1.08 bits per heavy atom. The number of carbonyl (C=O) groups is 3. The van der Waals surface area contributed by atoms with Crippen LogP contribution in [-0.2, 0) is 14.4 Å². The van der Waals surface area contributed by atoms with Crippen molar-refractivity contribution in [1.29, 1.82) is 0 Å². The van der Waals surface area contributed by atoms with Crippen molar-refractivity contribution in [3.63, 3.8) is 0 Å². The Morgan fingerprint density at radius 3 is 2.31 bits per heavy atom. The fraction of sp³-hybridized carbons (Fsp3) is 0.550. The molecule has 0 unspecified atom stereocenters. The first-order chi connectivity index (χ1) is 12.3. The van der Waals surface area contributed by atoms with E-state index in [4.69, 9.17) is 0 Å². The third-order valence-corrected chi connectivity index (χ3v) is 3.83. The Morgan fingerprint density at radius 2 is 1.73 bits per heavy atom. The topological polar surface area (TPSA) is 78.5 Å². The third-order valence-electron chi connectivity index (χ3n) is 3.83. The first-order valence-electron chi connectivity index (χ1n) is 9.22. The maximum absolute atomic E-state index is 12.3. The molecule has 0 bridgehead atoms. The van der Waals surface area contributed by atoms with E-state index in [1.807, 2.05) is 52.0 Å². The second-order valence-electron chi connectivity index (χ2n) is 6.96. The summed E-state index contributed by atoms with van der Waals surface area (Å²) in [6.07, 6.45) is 2.22. The van der Waals surface area contributed by atoms with Crippen LogP contribution in [0.15, 0.2) is 24.3 Å². The van der Waals surface area contributed by atoms with E-state index in [9.17, 15) is 14.4 Å². The molecule has 0 aliphatic heterocycles. The molecule has 1 aromatic carbocycles. The monoisotopic (exact) mass is 361 g/mol. The molecule has 1 aromatic rings. The molecular formula is C20H31N3O3. The number of nitrogens with one attached hydrogen (secondary N) is 2. The lowest BCUT2D eigenvalue weighted by Crippen LogP contribution is -2.43. The van der Waals surface area contributed by atoms with E-state index in [2.05, 4.69) is 10.6 Å². The van der Waals surface area contributed by atoms with Crippen LogP contribution in [0, 0.1) is 12.8 Å². The zero-order valence-electron chi connectivity index (χ0n) is 16.3. The minimum absolute atomic E-state index is 0.0106. The van der Waals surface area contributed by atoms with Crippen molar-refractivity contribution >= 4 is 23.4 Å². The molecule has 0 aliphatic carbocycles. The summed E-state index contributed by atoms with van der Waals surface area (Å²) in [5.41, 5.74) is 1.79. The van der Waals surface area contributed by atoms with Gasteiger partial charge in [-0.2, -0.15) is 0 Å². The largest absolute Gasteiger partial charge is 0.345 e. The van der Waals surface area contributed by atoms with Crippen LogP contribution in [0.5, 0.6) is 0 Å². The van der Waals surface area contributed by atoms with E-state index >= 15 is 0 Å². The van der Waals surface area contributed by atoms with Crippen LogP contribution in [-0.4, -0.2) is 42.3 Å². The van der Waals surface area contributed by atoms with Crippen LogP contribution in [0.25, 0.3) is 0 Å². The zero-order valence-corrected chi connectivity index (χ0v) is 16.3. The summed E-state index contributed by atoms with van der Waals surface area (Å²) in [6.45, 7) is 8.40. The minimum Gasteiger partial charge on any atom is -0.345 e. The second kappa shape index (κ2) is 11.3. The van der Waals surface area contributed by atoms with Gasteiger partial charge in [-0.1, -0.05) is 44.9 Å². The first-order valence-corrected chi connectivity index (χ1v) is 9.22. The molecule has 26 heavy (non-hydrogen) atoms. The Hall–Kier alpha value is -2.37. The summed E-state index contributed by atoms with van der Waals surface area (Å²) in [4.78, 5) is 37.9. The van der Waals surface area contributed by atoms with Gasteiger partial charge in [0.15, 0.2) is 0 Å². The Bertz CT molecular complexity index is 597. The van der Waals surface area contributed by atoms with Gasteiger partial charge in [-0.3, -0.25) is 14.4 Å². The van der Waals surface area contributed by atoms with Gasteiger partial charge in [0.1, 0.15) is 0 Å². The van der Waals surface area contributed by atoms with Crippen LogP contribution < -0.4 is 10.6 Å². The number of unbranched alkanes of at least 4 members (excludes halogenated alkanes) is 1. The SMILES string of the molecule is CCCCN(CC(=O)NCC(=O)Nc1ccc(C)cc1)C(=O)CC(C)C. The predicted octanol–water partition coefficient (Wildman–Crippen LogP) is 2.72. The number of rotatable bonds is 10. The number of anilines is 1. The van der Waals surface area contributed by atoms with Gasteiger partial charge in [0, 0.05) is 18.7 Å². The highest BCUT2D eigenvalue weighted by Gasteiger charge is 2.18. The summed E-state index contributed by atoms with van der Waals surface area (Å²) >= 11 is 0. The highest BCUT2D eigenvalue weighted by Crippen LogP contribution is 2.08. The third kappa shape index (κ3) is 8.65. The van der Waals surface area contributed by atoms with Crippen LogP contribution in [0.3, 0.4) is 0 Å². The van der Waals surface area contributed by atoms with Gasteiger partial charge < -0.3 is 15.5 Å². The van der Waals surface area contributed by atoms with E-state index in [0.29, 0.717) is 18.7 Å². The smallest absolute Gasteiger partial charge is 0.243 e. The van der Waals surface area contributed by atoms with Crippen molar-refractivity contribution in [3.05, 3.63) is 29.8 Å². The molecule has 0 radical (unpaired) electrons. The summed E-state index contributed by atoms with van der Waals surface area (Å²) in [5.74, 6) is -0.393. The molecule has 0 fully saturated rings. The van der Waals surface area contributed by atoms with Gasteiger partial charge in [0.2, 0.25) is 17.7 Å². The summed E-state index contributed by atoms with van der Waals surface area (Å²) in [7, 11) is 0. The van der Waals surface area contributed by atoms with Crippen molar-refractivity contribution < 1.29 is 14.4 Å². The molecule has 0 spiro atoms. The van der Waals surface area contributed by atoms with Crippen LogP contribution >= 0.6 is 0 Å². The molecular weight excluding hydrogens is 330 g/mol. The molecule has 2 N–H and O–H groups in total. The van der Waals surface area contributed by atoms with Gasteiger partial charge in [-0.15, -0.1) is 0 Å². The number of nitrogens with zero attached hydrogens (tertiary/aromatic N) is 1. The zero-order chi connectivity index (χ0) is 19.5.